The van der Waals surface area contributed by atoms with Gasteiger partial charge in [-0.05, 0) is 72.6 Å². The van der Waals surface area contributed by atoms with Gasteiger partial charge in [-0.25, -0.2) is 0 Å². The zero-order valence-corrected chi connectivity index (χ0v) is 32.3. The van der Waals surface area contributed by atoms with Crippen molar-refractivity contribution in [3.05, 3.63) is 0 Å². The molecule has 10 heteroatoms. The predicted molar refractivity (Wildman–Crippen MR) is 188 cm³/mol. The van der Waals surface area contributed by atoms with Gasteiger partial charge in [-0.1, -0.05) is 67.0 Å². The number of oxime groups is 1. The third-order valence-corrected chi connectivity index (χ3v) is 9.77. The molecule has 0 aliphatic carbocycles. The van der Waals surface area contributed by atoms with Gasteiger partial charge in [0.05, 0.1) is 35.0 Å². The molecule has 2 heterocycles. The Morgan fingerprint density at radius 2 is 1.43 bits per heavy atom. The fraction of sp³-hybridized carbons (Fsp3) is 0.892. The van der Waals surface area contributed by atoms with Crippen molar-refractivity contribution < 1.29 is 44.6 Å². The summed E-state index contributed by atoms with van der Waals surface area (Å²) in [4.78, 5) is 12.8. The van der Waals surface area contributed by atoms with Crippen LogP contribution < -0.4 is 0 Å². The lowest BCUT2D eigenvalue weighted by molar-refractivity contribution is -0.188. The second-order valence-corrected chi connectivity index (χ2v) is 14.2. The standard InChI is InChI=1S/C22H41NO6.C8H16O3.C4H6.C3H8/c1-9-17-22(8,27)19(24)16(6)18(23-28)13(3)11-21(7,26)10-12(2)14(4)15(5)20(25)29-17;1-6-7(9)8(2,10-3)4-5-11-6;1-3-4-2;1-3-2/h12-17,19,24,26-28H,9-11H2,1-8H3;6-7,9H,4-5H2,1-3H3;1-2H3;3H2,1-2H3/b23-18+;;;/t12-,13-,14+,15-,16?,17-,19?,21+,22-;6?,7-,8+;;/m10../s1. The summed E-state index contributed by atoms with van der Waals surface area (Å²) in [6, 6.07) is 0. The fourth-order valence-corrected chi connectivity index (χ4v) is 6.20. The Kier molecular flexibility index (Phi) is 22.2. The number of hydrogen-bond donors (Lipinski definition) is 5. The molecule has 47 heavy (non-hydrogen) atoms. The van der Waals surface area contributed by atoms with Crippen LogP contribution in [-0.4, -0.2) is 92.3 Å². The van der Waals surface area contributed by atoms with E-state index in [0.29, 0.717) is 31.6 Å². The molecule has 2 saturated heterocycles. The first-order valence-electron chi connectivity index (χ1n) is 17.4. The molecule has 0 spiro atoms. The van der Waals surface area contributed by atoms with Crippen molar-refractivity contribution >= 4 is 11.7 Å². The van der Waals surface area contributed by atoms with E-state index in [9.17, 15) is 30.4 Å². The molecular weight excluding hydrogens is 602 g/mol. The van der Waals surface area contributed by atoms with E-state index < -0.39 is 52.9 Å². The van der Waals surface area contributed by atoms with Crippen molar-refractivity contribution in [3.63, 3.8) is 0 Å². The van der Waals surface area contributed by atoms with Crippen molar-refractivity contribution in [2.45, 2.75) is 170 Å². The number of carbonyl (C=O) groups excluding carboxylic acids is 1. The zero-order valence-electron chi connectivity index (χ0n) is 32.3. The molecule has 0 bridgehead atoms. The van der Waals surface area contributed by atoms with Gasteiger partial charge in [0, 0.05) is 32.0 Å². The predicted octanol–water partition coefficient (Wildman–Crippen LogP) is 5.98. The summed E-state index contributed by atoms with van der Waals surface area (Å²) < 4.78 is 16.1. The SMILES string of the molecule is CC#CC.CCC.CC[C@H]1OC(=O)[C@H](C)[C@@H](C)[C@H](C)C[C@](C)(O)C[C@@H](C)/C(=N\O)C(C)C(O)[C@]1(C)O.CO[C@]1(C)CCOC(C)[C@@H]1O. The van der Waals surface area contributed by atoms with E-state index >= 15 is 0 Å². The highest BCUT2D eigenvalue weighted by molar-refractivity contribution is 5.88. The Morgan fingerprint density at radius 1 is 0.915 bits per heavy atom. The monoisotopic (exact) mass is 674 g/mol. The highest BCUT2D eigenvalue weighted by atomic mass is 16.6. The first-order valence-corrected chi connectivity index (χ1v) is 17.4. The smallest absolute Gasteiger partial charge is 0.309 e. The quantitative estimate of drug-likeness (QED) is 0.103. The van der Waals surface area contributed by atoms with Crippen LogP contribution in [0.5, 0.6) is 0 Å². The van der Waals surface area contributed by atoms with Gasteiger partial charge in [0.15, 0.2) is 0 Å². The Balaban J connectivity index is 0. The summed E-state index contributed by atoms with van der Waals surface area (Å²) >= 11 is 0. The lowest BCUT2D eigenvalue weighted by atomic mass is 9.73. The molecule has 12 atom stereocenters. The van der Waals surface area contributed by atoms with Crippen LogP contribution in [0.3, 0.4) is 0 Å². The van der Waals surface area contributed by atoms with E-state index in [4.69, 9.17) is 14.2 Å². The van der Waals surface area contributed by atoms with Crippen molar-refractivity contribution in [3.8, 4) is 11.8 Å². The van der Waals surface area contributed by atoms with Crippen LogP contribution in [0.4, 0.5) is 0 Å². The van der Waals surface area contributed by atoms with Gasteiger partial charge in [-0.15, -0.1) is 11.8 Å². The van der Waals surface area contributed by atoms with Gasteiger partial charge in [0.1, 0.15) is 17.8 Å². The van der Waals surface area contributed by atoms with E-state index in [1.54, 1.807) is 34.8 Å². The maximum absolute atomic E-state index is 12.8. The summed E-state index contributed by atoms with van der Waals surface area (Å²) in [5.74, 6) is 3.48. The van der Waals surface area contributed by atoms with Gasteiger partial charge >= 0.3 is 5.97 Å². The molecule has 2 fully saturated rings. The van der Waals surface area contributed by atoms with Crippen LogP contribution in [0.25, 0.3) is 0 Å². The molecule has 0 aromatic carbocycles. The van der Waals surface area contributed by atoms with Crippen molar-refractivity contribution in [1.29, 1.82) is 0 Å². The second kappa shape index (κ2) is 22.1. The molecule has 5 N–H and O–H groups in total. The minimum absolute atomic E-state index is 0.0424. The molecule has 0 aromatic rings. The van der Waals surface area contributed by atoms with Crippen LogP contribution in [-0.2, 0) is 19.0 Å². The molecule has 2 aliphatic heterocycles. The average molecular weight is 674 g/mol. The first kappa shape index (κ1) is 47.4. The number of carbonyl (C=O) groups is 1. The van der Waals surface area contributed by atoms with Gasteiger partial charge < -0.3 is 39.8 Å². The lowest BCUT2D eigenvalue weighted by Gasteiger charge is -2.41. The Hall–Kier alpha value is -1.74. The summed E-state index contributed by atoms with van der Waals surface area (Å²) in [7, 11) is 1.63. The maximum Gasteiger partial charge on any atom is 0.309 e. The molecule has 0 amide bonds. The molecule has 0 aromatic heterocycles. The van der Waals surface area contributed by atoms with Crippen LogP contribution in [0, 0.1) is 41.4 Å². The molecule has 3 unspecified atom stereocenters. The summed E-state index contributed by atoms with van der Waals surface area (Å²) in [6.07, 6.45) is 0.283. The molecule has 10 nitrogen and oxygen atoms in total. The van der Waals surface area contributed by atoms with Gasteiger partial charge in [-0.2, -0.15) is 0 Å². The minimum atomic E-state index is -1.74. The van der Waals surface area contributed by atoms with E-state index in [1.165, 1.54) is 13.3 Å². The third kappa shape index (κ3) is 14.7. The first-order chi connectivity index (χ1) is 21.6. The van der Waals surface area contributed by atoms with Crippen molar-refractivity contribution in [2.24, 2.45) is 34.7 Å². The molecule has 2 rings (SSSR count). The minimum Gasteiger partial charge on any atom is -0.459 e. The van der Waals surface area contributed by atoms with Crippen LogP contribution in [0.2, 0.25) is 0 Å². The summed E-state index contributed by atoms with van der Waals surface area (Å²) in [5.41, 5.74) is -2.90. The van der Waals surface area contributed by atoms with Gasteiger partial charge in [-0.3, -0.25) is 4.79 Å². The van der Waals surface area contributed by atoms with Crippen molar-refractivity contribution in [2.75, 3.05) is 13.7 Å². The van der Waals surface area contributed by atoms with Crippen molar-refractivity contribution in [1.82, 2.24) is 0 Å². The third-order valence-electron chi connectivity index (χ3n) is 9.77. The second-order valence-electron chi connectivity index (χ2n) is 14.2. The summed E-state index contributed by atoms with van der Waals surface area (Å²) in [6.45, 7) is 26.5. The van der Waals surface area contributed by atoms with E-state index in [-0.39, 0.29) is 23.9 Å². The van der Waals surface area contributed by atoms with Gasteiger partial charge in [0.2, 0.25) is 0 Å². The van der Waals surface area contributed by atoms with Gasteiger partial charge in [0.25, 0.3) is 0 Å². The largest absolute Gasteiger partial charge is 0.459 e. The Morgan fingerprint density at radius 3 is 1.83 bits per heavy atom. The normalized spacial score (nSPS) is 40.7. The van der Waals surface area contributed by atoms with E-state index in [2.05, 4.69) is 30.8 Å². The molecular formula is C37H71NO9. The Bertz CT molecular complexity index is 967. The Labute approximate surface area is 286 Å². The number of esters is 1. The number of aliphatic hydroxyl groups excluding tert-OH is 2. The van der Waals surface area contributed by atoms with E-state index in [1.807, 2.05) is 48.5 Å². The fourth-order valence-electron chi connectivity index (χ4n) is 6.20. The molecule has 0 saturated carbocycles. The molecule has 2 aliphatic rings. The molecule has 278 valence electrons. The average Bonchev–Trinajstić information content (AvgIpc) is 3.01. The highest BCUT2D eigenvalue weighted by Gasteiger charge is 2.47. The zero-order chi connectivity index (χ0) is 37.3. The number of nitrogens with zero attached hydrogens (tertiary/aromatic N) is 1. The number of aliphatic hydroxyl groups is 4. The van der Waals surface area contributed by atoms with Crippen LogP contribution in [0.15, 0.2) is 5.16 Å². The number of rotatable bonds is 2. The number of methoxy groups -OCH3 is 1. The molecule has 0 radical (unpaired) electrons. The number of hydrogen-bond acceptors (Lipinski definition) is 10. The van der Waals surface area contributed by atoms with Crippen LogP contribution >= 0.6 is 0 Å². The highest BCUT2D eigenvalue weighted by Crippen LogP contribution is 2.36. The number of ether oxygens (including phenoxy) is 3. The summed E-state index contributed by atoms with van der Waals surface area (Å²) in [5, 5.41) is 55.7. The topological polar surface area (TPSA) is 158 Å². The van der Waals surface area contributed by atoms with Crippen LogP contribution in [0.1, 0.15) is 129 Å². The number of cyclic esters (lactones) is 1. The lowest BCUT2D eigenvalue weighted by Crippen LogP contribution is -2.56. The maximum atomic E-state index is 12.8. The van der Waals surface area contributed by atoms with E-state index in [0.717, 1.165) is 6.42 Å².